The highest BCUT2D eigenvalue weighted by atomic mass is 32.2. The van der Waals surface area contributed by atoms with Crippen molar-refractivity contribution in [2.24, 2.45) is 0 Å². The van der Waals surface area contributed by atoms with Crippen molar-refractivity contribution in [2.45, 2.75) is 32.8 Å². The molecule has 3 nitrogen and oxygen atoms in total. The Morgan fingerprint density at radius 3 is 2.43 bits per heavy atom. The molecule has 0 aliphatic heterocycles. The van der Waals surface area contributed by atoms with E-state index < -0.39 is 5.60 Å². The Morgan fingerprint density at radius 1 is 1.29 bits per heavy atom. The van der Waals surface area contributed by atoms with Gasteiger partial charge in [-0.15, -0.1) is 0 Å². The summed E-state index contributed by atoms with van der Waals surface area (Å²) >= 11 is 1.73. The van der Waals surface area contributed by atoms with Crippen molar-refractivity contribution in [1.82, 2.24) is 0 Å². The first-order chi connectivity index (χ1) is 6.45. The largest absolute Gasteiger partial charge is 0.460 e. The molecule has 4 heteroatoms. The topological polar surface area (TPSA) is 35.5 Å². The van der Waals surface area contributed by atoms with Gasteiger partial charge in [-0.3, -0.25) is 4.79 Å². The minimum Gasteiger partial charge on any atom is -0.460 e. The van der Waals surface area contributed by atoms with Gasteiger partial charge in [0.15, 0.2) is 0 Å². The second-order valence-corrected chi connectivity index (χ2v) is 4.93. The number of carbonyl (C=O) groups excluding carboxylic acids is 1. The van der Waals surface area contributed by atoms with Crippen LogP contribution >= 0.6 is 11.8 Å². The molecule has 0 aliphatic rings. The maximum Gasteiger partial charge on any atom is 0.308 e. The molecule has 0 aromatic rings. The van der Waals surface area contributed by atoms with E-state index in [1.165, 1.54) is 0 Å². The van der Waals surface area contributed by atoms with Gasteiger partial charge in [0.2, 0.25) is 0 Å². The smallest absolute Gasteiger partial charge is 0.308 e. The summed E-state index contributed by atoms with van der Waals surface area (Å²) in [6.45, 7) is 6.73. The lowest BCUT2D eigenvalue weighted by atomic mass is 10.2. The Balaban J connectivity index is 3.36. The molecule has 0 N–H and O–H groups in total. The Labute approximate surface area is 90.5 Å². The zero-order chi connectivity index (χ0) is 11.0. The molecule has 0 bridgehead atoms. The third-order valence-electron chi connectivity index (χ3n) is 1.30. The van der Waals surface area contributed by atoms with Crippen LogP contribution in [0.3, 0.4) is 0 Å². The highest BCUT2D eigenvalue weighted by Crippen LogP contribution is 2.08. The summed E-state index contributed by atoms with van der Waals surface area (Å²) in [5, 5.41) is 0. The van der Waals surface area contributed by atoms with Crippen LogP contribution in [0.4, 0.5) is 0 Å². The van der Waals surface area contributed by atoms with Crippen molar-refractivity contribution in [2.75, 3.05) is 25.2 Å². The number of hydrogen-bond donors (Lipinski definition) is 0. The quantitative estimate of drug-likeness (QED) is 0.507. The SMILES string of the molecule is CSCCOCCC(=O)OC(C)(C)C. The van der Waals surface area contributed by atoms with Gasteiger partial charge < -0.3 is 9.47 Å². The molecule has 0 heterocycles. The summed E-state index contributed by atoms with van der Waals surface area (Å²) in [5.74, 6) is 0.774. The van der Waals surface area contributed by atoms with E-state index in [0.717, 1.165) is 5.75 Å². The molecule has 0 spiro atoms. The van der Waals surface area contributed by atoms with Crippen LogP contribution in [0.1, 0.15) is 27.2 Å². The Bertz CT molecular complexity index is 163. The summed E-state index contributed by atoms with van der Waals surface area (Å²) < 4.78 is 10.4. The third-order valence-corrected chi connectivity index (χ3v) is 1.88. The fraction of sp³-hybridized carbons (Fsp3) is 0.900. The molecular formula is C10H20O3S. The van der Waals surface area contributed by atoms with Crippen molar-refractivity contribution in [3.8, 4) is 0 Å². The number of hydrogen-bond acceptors (Lipinski definition) is 4. The van der Waals surface area contributed by atoms with Crippen molar-refractivity contribution in [1.29, 1.82) is 0 Å². The summed E-state index contributed by atoms with van der Waals surface area (Å²) in [6.07, 6.45) is 2.36. The van der Waals surface area contributed by atoms with Crippen LogP contribution in [-0.4, -0.2) is 36.8 Å². The first-order valence-electron chi connectivity index (χ1n) is 4.74. The Kier molecular flexibility index (Phi) is 7.01. The van der Waals surface area contributed by atoms with Crippen LogP contribution in [0, 0.1) is 0 Å². The van der Waals surface area contributed by atoms with Crippen molar-refractivity contribution in [3.63, 3.8) is 0 Å². The molecule has 0 aromatic heterocycles. The fourth-order valence-corrected chi connectivity index (χ4v) is 1.08. The molecule has 0 rings (SSSR count). The Hall–Kier alpha value is -0.220. The standard InChI is InChI=1S/C10H20O3S/c1-10(2,3)13-9(11)5-6-12-7-8-14-4/h5-8H2,1-4H3. The van der Waals surface area contributed by atoms with E-state index in [1.807, 2.05) is 27.0 Å². The zero-order valence-corrected chi connectivity index (χ0v) is 10.3. The van der Waals surface area contributed by atoms with Gasteiger partial charge in [0.25, 0.3) is 0 Å². The van der Waals surface area contributed by atoms with Gasteiger partial charge in [-0.25, -0.2) is 0 Å². The van der Waals surface area contributed by atoms with Gasteiger partial charge in [0, 0.05) is 5.75 Å². The lowest BCUT2D eigenvalue weighted by Gasteiger charge is -2.19. The van der Waals surface area contributed by atoms with Crippen LogP contribution in [0.5, 0.6) is 0 Å². The molecule has 0 unspecified atom stereocenters. The van der Waals surface area contributed by atoms with Gasteiger partial charge in [-0.2, -0.15) is 11.8 Å². The van der Waals surface area contributed by atoms with Crippen molar-refractivity contribution < 1.29 is 14.3 Å². The molecule has 14 heavy (non-hydrogen) atoms. The van der Waals surface area contributed by atoms with Gasteiger partial charge in [-0.05, 0) is 27.0 Å². The maximum atomic E-state index is 11.2. The van der Waals surface area contributed by atoms with Gasteiger partial charge in [0.1, 0.15) is 5.60 Å². The van der Waals surface area contributed by atoms with E-state index in [4.69, 9.17) is 9.47 Å². The Morgan fingerprint density at radius 2 is 1.93 bits per heavy atom. The van der Waals surface area contributed by atoms with Crippen LogP contribution < -0.4 is 0 Å². The van der Waals surface area contributed by atoms with Gasteiger partial charge >= 0.3 is 5.97 Å². The fourth-order valence-electron chi connectivity index (χ4n) is 0.792. The number of rotatable bonds is 6. The van der Waals surface area contributed by atoms with E-state index in [0.29, 0.717) is 19.6 Å². The first-order valence-corrected chi connectivity index (χ1v) is 6.13. The summed E-state index contributed by atoms with van der Waals surface area (Å²) in [7, 11) is 0. The van der Waals surface area contributed by atoms with Crippen LogP contribution in [-0.2, 0) is 14.3 Å². The number of ether oxygens (including phenoxy) is 2. The van der Waals surface area contributed by atoms with E-state index in [-0.39, 0.29) is 5.97 Å². The second kappa shape index (κ2) is 7.12. The van der Waals surface area contributed by atoms with E-state index in [1.54, 1.807) is 11.8 Å². The number of carbonyl (C=O) groups is 1. The molecular weight excluding hydrogens is 200 g/mol. The second-order valence-electron chi connectivity index (χ2n) is 3.94. The van der Waals surface area contributed by atoms with Crippen molar-refractivity contribution >= 4 is 17.7 Å². The molecule has 0 aliphatic carbocycles. The average Bonchev–Trinajstić information content (AvgIpc) is 2.00. The van der Waals surface area contributed by atoms with Gasteiger partial charge in [-0.1, -0.05) is 0 Å². The number of esters is 1. The van der Waals surface area contributed by atoms with Crippen LogP contribution in [0.25, 0.3) is 0 Å². The lowest BCUT2D eigenvalue weighted by molar-refractivity contribution is -0.155. The highest BCUT2D eigenvalue weighted by Gasteiger charge is 2.15. The van der Waals surface area contributed by atoms with E-state index in [2.05, 4.69) is 0 Å². The molecule has 84 valence electrons. The molecule has 0 fully saturated rings. The highest BCUT2D eigenvalue weighted by molar-refractivity contribution is 7.98. The zero-order valence-electron chi connectivity index (χ0n) is 9.46. The first kappa shape index (κ1) is 13.8. The summed E-state index contributed by atoms with van der Waals surface area (Å²) in [5.41, 5.74) is -0.393. The average molecular weight is 220 g/mol. The van der Waals surface area contributed by atoms with E-state index >= 15 is 0 Å². The number of thioether (sulfide) groups is 1. The minimum atomic E-state index is -0.393. The third kappa shape index (κ3) is 9.86. The molecule has 0 amide bonds. The predicted molar refractivity (Wildman–Crippen MR) is 59.7 cm³/mol. The van der Waals surface area contributed by atoms with Crippen molar-refractivity contribution in [3.05, 3.63) is 0 Å². The molecule has 0 atom stereocenters. The predicted octanol–water partition coefficient (Wildman–Crippen LogP) is 2.10. The van der Waals surface area contributed by atoms with Gasteiger partial charge in [0.05, 0.1) is 19.6 Å². The van der Waals surface area contributed by atoms with Crippen LogP contribution in [0.2, 0.25) is 0 Å². The normalized spacial score (nSPS) is 11.4. The summed E-state index contributed by atoms with van der Waals surface area (Å²) in [4.78, 5) is 11.2. The van der Waals surface area contributed by atoms with Crippen LogP contribution in [0.15, 0.2) is 0 Å². The van der Waals surface area contributed by atoms with E-state index in [9.17, 15) is 4.79 Å². The molecule has 0 saturated heterocycles. The molecule has 0 saturated carbocycles. The minimum absolute atomic E-state index is 0.193. The molecule has 0 radical (unpaired) electrons. The summed E-state index contributed by atoms with van der Waals surface area (Å²) in [6, 6.07) is 0. The molecule has 0 aromatic carbocycles. The maximum absolute atomic E-state index is 11.2. The lowest BCUT2D eigenvalue weighted by Crippen LogP contribution is -2.24. The monoisotopic (exact) mass is 220 g/mol.